The van der Waals surface area contributed by atoms with Gasteiger partial charge in [-0.3, -0.25) is 4.79 Å². The number of nitrogens with two attached hydrogens (primary N) is 1. The minimum absolute atomic E-state index is 0. The molecule has 4 nitrogen and oxygen atoms in total. The van der Waals surface area contributed by atoms with E-state index in [2.05, 4.69) is 4.98 Å². The second kappa shape index (κ2) is 8.96. The van der Waals surface area contributed by atoms with E-state index in [0.717, 1.165) is 5.56 Å². The first kappa shape index (κ1) is 18.7. The summed E-state index contributed by atoms with van der Waals surface area (Å²) >= 11 is 11.5. The number of hydrogen-bond donors (Lipinski definition) is 1. The van der Waals surface area contributed by atoms with Gasteiger partial charge in [-0.2, -0.15) is 0 Å². The molecule has 0 fully saturated rings. The van der Waals surface area contributed by atoms with Crippen LogP contribution >= 0.6 is 35.6 Å². The summed E-state index contributed by atoms with van der Waals surface area (Å²) in [6.07, 6.45) is 0.108. The molecule has 0 aliphatic rings. The van der Waals surface area contributed by atoms with Crippen LogP contribution in [0.2, 0.25) is 10.3 Å². The first-order chi connectivity index (χ1) is 10.0. The number of ether oxygens (including phenoxy) is 1. The Labute approximate surface area is 145 Å². The van der Waals surface area contributed by atoms with Crippen LogP contribution in [0.25, 0.3) is 0 Å². The SMILES string of the molecule is Cl.N[C@H](CC(=O)OCc1cc(Cl)nc(Cl)c1)c1ccccc1. The van der Waals surface area contributed by atoms with Crippen molar-refractivity contribution in [2.45, 2.75) is 19.1 Å². The van der Waals surface area contributed by atoms with E-state index in [9.17, 15) is 4.79 Å². The van der Waals surface area contributed by atoms with Gasteiger partial charge in [-0.15, -0.1) is 12.4 Å². The summed E-state index contributed by atoms with van der Waals surface area (Å²) in [5.41, 5.74) is 7.54. The van der Waals surface area contributed by atoms with E-state index in [1.165, 1.54) is 0 Å². The lowest BCUT2D eigenvalue weighted by atomic mass is 10.1. The average Bonchev–Trinajstić information content (AvgIpc) is 2.45. The Hall–Kier alpha value is -1.33. The van der Waals surface area contributed by atoms with Crippen molar-refractivity contribution in [3.05, 3.63) is 63.9 Å². The number of carbonyl (C=O) groups is 1. The van der Waals surface area contributed by atoms with E-state index < -0.39 is 0 Å². The van der Waals surface area contributed by atoms with Gasteiger partial charge in [0.25, 0.3) is 0 Å². The average molecular weight is 362 g/mol. The van der Waals surface area contributed by atoms with E-state index in [0.29, 0.717) is 5.56 Å². The summed E-state index contributed by atoms with van der Waals surface area (Å²) in [5.74, 6) is -0.379. The molecule has 2 N–H and O–H groups in total. The molecule has 0 aliphatic carbocycles. The molecule has 1 aromatic heterocycles. The third kappa shape index (κ3) is 5.81. The van der Waals surface area contributed by atoms with Gasteiger partial charge in [-0.05, 0) is 23.3 Å². The van der Waals surface area contributed by atoms with Crippen molar-refractivity contribution in [1.29, 1.82) is 0 Å². The zero-order chi connectivity index (χ0) is 15.2. The van der Waals surface area contributed by atoms with Crippen molar-refractivity contribution in [2.24, 2.45) is 5.73 Å². The van der Waals surface area contributed by atoms with Gasteiger partial charge in [0.05, 0.1) is 6.42 Å². The van der Waals surface area contributed by atoms with Gasteiger partial charge in [-0.1, -0.05) is 53.5 Å². The maximum absolute atomic E-state index is 11.8. The van der Waals surface area contributed by atoms with Crippen molar-refractivity contribution < 1.29 is 9.53 Å². The minimum Gasteiger partial charge on any atom is -0.461 e. The number of benzene rings is 1. The molecule has 1 heterocycles. The van der Waals surface area contributed by atoms with E-state index >= 15 is 0 Å². The lowest BCUT2D eigenvalue weighted by Gasteiger charge is -2.11. The number of rotatable bonds is 5. The summed E-state index contributed by atoms with van der Waals surface area (Å²) in [7, 11) is 0. The summed E-state index contributed by atoms with van der Waals surface area (Å²) in [5, 5.41) is 0.518. The second-order valence-corrected chi connectivity index (χ2v) is 5.28. The molecule has 2 rings (SSSR count). The van der Waals surface area contributed by atoms with Crippen LogP contribution in [0.3, 0.4) is 0 Å². The molecule has 118 valence electrons. The lowest BCUT2D eigenvalue weighted by molar-refractivity contribution is -0.145. The number of aromatic nitrogens is 1. The molecule has 0 amide bonds. The van der Waals surface area contributed by atoms with E-state index in [4.69, 9.17) is 33.7 Å². The third-order valence-corrected chi connectivity index (χ3v) is 3.22. The van der Waals surface area contributed by atoms with Crippen molar-refractivity contribution in [1.82, 2.24) is 4.98 Å². The molecule has 0 spiro atoms. The Morgan fingerprint density at radius 1 is 1.18 bits per heavy atom. The predicted molar refractivity (Wildman–Crippen MR) is 89.3 cm³/mol. The van der Waals surface area contributed by atoms with Gasteiger partial charge >= 0.3 is 5.97 Å². The maximum Gasteiger partial charge on any atom is 0.308 e. The Balaban J connectivity index is 0.00000242. The monoisotopic (exact) mass is 360 g/mol. The topological polar surface area (TPSA) is 65.2 Å². The van der Waals surface area contributed by atoms with E-state index in [-0.39, 0.29) is 47.8 Å². The van der Waals surface area contributed by atoms with Crippen LogP contribution < -0.4 is 5.73 Å². The van der Waals surface area contributed by atoms with Crippen LogP contribution in [0.5, 0.6) is 0 Å². The third-order valence-electron chi connectivity index (χ3n) is 2.84. The summed E-state index contributed by atoms with van der Waals surface area (Å²) in [4.78, 5) is 15.6. The lowest BCUT2D eigenvalue weighted by Crippen LogP contribution is -2.17. The molecular formula is C15H15Cl3N2O2. The van der Waals surface area contributed by atoms with Crippen molar-refractivity contribution in [2.75, 3.05) is 0 Å². The fraction of sp³-hybridized carbons (Fsp3) is 0.200. The molecular weight excluding hydrogens is 347 g/mol. The summed E-state index contributed by atoms with van der Waals surface area (Å²) in [6, 6.07) is 12.2. The zero-order valence-electron chi connectivity index (χ0n) is 11.5. The largest absolute Gasteiger partial charge is 0.461 e. The molecule has 2 aromatic rings. The fourth-order valence-corrected chi connectivity index (χ4v) is 2.32. The molecule has 22 heavy (non-hydrogen) atoms. The molecule has 0 aliphatic heterocycles. The Morgan fingerprint density at radius 3 is 2.36 bits per heavy atom. The van der Waals surface area contributed by atoms with Crippen LogP contribution in [-0.4, -0.2) is 11.0 Å². The molecule has 1 atom stereocenters. The van der Waals surface area contributed by atoms with E-state index in [1.807, 2.05) is 30.3 Å². The molecule has 0 bridgehead atoms. The highest BCUT2D eigenvalue weighted by Crippen LogP contribution is 2.17. The van der Waals surface area contributed by atoms with Crippen LogP contribution in [0.15, 0.2) is 42.5 Å². The highest BCUT2D eigenvalue weighted by molar-refractivity contribution is 6.32. The van der Waals surface area contributed by atoms with Crippen LogP contribution in [0.4, 0.5) is 0 Å². The van der Waals surface area contributed by atoms with Gasteiger partial charge < -0.3 is 10.5 Å². The number of esters is 1. The molecule has 0 radical (unpaired) electrons. The highest BCUT2D eigenvalue weighted by atomic mass is 35.5. The number of pyridine rings is 1. The molecule has 7 heteroatoms. The summed E-state index contributed by atoms with van der Waals surface area (Å²) < 4.78 is 5.17. The van der Waals surface area contributed by atoms with Crippen molar-refractivity contribution in [3.63, 3.8) is 0 Å². The Bertz CT molecular complexity index is 603. The quantitative estimate of drug-likeness (QED) is 0.647. The normalized spacial score (nSPS) is 11.4. The second-order valence-electron chi connectivity index (χ2n) is 4.50. The molecule has 0 saturated carbocycles. The minimum atomic E-state index is -0.386. The Morgan fingerprint density at radius 2 is 1.77 bits per heavy atom. The van der Waals surface area contributed by atoms with Crippen LogP contribution in [-0.2, 0) is 16.1 Å². The van der Waals surface area contributed by atoms with E-state index in [1.54, 1.807) is 12.1 Å². The maximum atomic E-state index is 11.8. The number of carbonyl (C=O) groups excluding carboxylic acids is 1. The zero-order valence-corrected chi connectivity index (χ0v) is 13.9. The molecule has 1 aromatic carbocycles. The van der Waals surface area contributed by atoms with Crippen LogP contribution in [0, 0.1) is 0 Å². The number of halogens is 3. The Kier molecular flexibility index (Phi) is 7.62. The van der Waals surface area contributed by atoms with Gasteiger partial charge in [0.1, 0.15) is 16.9 Å². The molecule has 0 saturated heterocycles. The smallest absolute Gasteiger partial charge is 0.308 e. The van der Waals surface area contributed by atoms with Crippen molar-refractivity contribution in [3.8, 4) is 0 Å². The van der Waals surface area contributed by atoms with Crippen LogP contribution in [0.1, 0.15) is 23.6 Å². The first-order valence-electron chi connectivity index (χ1n) is 6.32. The summed E-state index contributed by atoms with van der Waals surface area (Å²) in [6.45, 7) is 0.0856. The van der Waals surface area contributed by atoms with Gasteiger partial charge in [-0.25, -0.2) is 4.98 Å². The predicted octanol–water partition coefficient (Wildman–Crippen LogP) is 3.94. The fourth-order valence-electron chi connectivity index (χ4n) is 1.82. The van der Waals surface area contributed by atoms with Crippen molar-refractivity contribution >= 4 is 41.6 Å². The number of nitrogens with zero attached hydrogens (tertiary/aromatic N) is 1. The first-order valence-corrected chi connectivity index (χ1v) is 7.08. The van der Waals surface area contributed by atoms with Gasteiger partial charge in [0.2, 0.25) is 0 Å². The highest BCUT2D eigenvalue weighted by Gasteiger charge is 2.13. The number of hydrogen-bond acceptors (Lipinski definition) is 4. The molecule has 0 unspecified atom stereocenters. The standard InChI is InChI=1S/C15H14Cl2N2O2.ClH/c16-13-6-10(7-14(17)19-13)9-21-15(20)8-12(18)11-4-2-1-3-5-11;/h1-7,12H,8-9,18H2;1H/t12-;/m1./s1. The van der Waals surface area contributed by atoms with Gasteiger partial charge in [0, 0.05) is 6.04 Å². The van der Waals surface area contributed by atoms with Gasteiger partial charge in [0.15, 0.2) is 0 Å².